The Morgan fingerprint density at radius 1 is 0.778 bits per heavy atom. The second-order valence-electron chi connectivity index (χ2n) is 4.00. The molecule has 0 aromatic carbocycles. The van der Waals surface area contributed by atoms with Gasteiger partial charge in [0.15, 0.2) is 0 Å². The van der Waals surface area contributed by atoms with Gasteiger partial charge in [-0.25, -0.2) is 0 Å². The summed E-state index contributed by atoms with van der Waals surface area (Å²) in [5, 5.41) is 9.10. The van der Waals surface area contributed by atoms with Crippen molar-refractivity contribution >= 4 is 34.0 Å². The van der Waals surface area contributed by atoms with Crippen molar-refractivity contribution in [2.45, 2.75) is 13.5 Å². The van der Waals surface area contributed by atoms with E-state index in [1.54, 1.807) is 11.3 Å². The van der Waals surface area contributed by atoms with Gasteiger partial charge in [-0.2, -0.15) is 0 Å². The molecule has 0 radical (unpaired) electrons. The third kappa shape index (κ3) is 2.29. The SMILES string of the molecule is Cc1ccc(-c2ccc(-c3ccc(CO)s3)s2)s1. The number of aliphatic hydroxyl groups excluding tert-OH is 1. The topological polar surface area (TPSA) is 20.2 Å². The van der Waals surface area contributed by atoms with Crippen molar-refractivity contribution in [2.24, 2.45) is 0 Å². The summed E-state index contributed by atoms with van der Waals surface area (Å²) in [6.45, 7) is 2.27. The van der Waals surface area contributed by atoms with Crippen LogP contribution in [0.25, 0.3) is 19.5 Å². The maximum atomic E-state index is 9.10. The Morgan fingerprint density at radius 3 is 1.89 bits per heavy atom. The summed E-state index contributed by atoms with van der Waals surface area (Å²) in [6.07, 6.45) is 0. The van der Waals surface area contributed by atoms with E-state index in [4.69, 9.17) is 5.11 Å². The van der Waals surface area contributed by atoms with Gasteiger partial charge in [0.2, 0.25) is 0 Å². The lowest BCUT2D eigenvalue weighted by molar-refractivity contribution is 0.285. The lowest BCUT2D eigenvalue weighted by atomic mass is 10.3. The predicted molar refractivity (Wildman–Crippen MR) is 81.6 cm³/mol. The van der Waals surface area contributed by atoms with Gasteiger partial charge in [0.1, 0.15) is 0 Å². The highest BCUT2D eigenvalue weighted by Crippen LogP contribution is 2.39. The zero-order chi connectivity index (χ0) is 12.5. The van der Waals surface area contributed by atoms with Crippen molar-refractivity contribution in [1.82, 2.24) is 0 Å². The molecule has 18 heavy (non-hydrogen) atoms. The van der Waals surface area contributed by atoms with Crippen LogP contribution in [0.4, 0.5) is 0 Å². The fraction of sp³-hybridized carbons (Fsp3) is 0.143. The smallest absolute Gasteiger partial charge is 0.0774 e. The van der Waals surface area contributed by atoms with Crippen molar-refractivity contribution in [2.75, 3.05) is 0 Å². The normalized spacial score (nSPS) is 11.0. The van der Waals surface area contributed by atoms with Crippen molar-refractivity contribution in [3.8, 4) is 19.5 Å². The largest absolute Gasteiger partial charge is 0.391 e. The molecule has 3 heterocycles. The molecule has 0 spiro atoms. The lowest BCUT2D eigenvalue weighted by Crippen LogP contribution is -1.69. The second-order valence-corrected chi connectivity index (χ2v) is 7.54. The lowest BCUT2D eigenvalue weighted by Gasteiger charge is -1.90. The Kier molecular flexibility index (Phi) is 3.35. The fourth-order valence-corrected chi connectivity index (χ4v) is 4.69. The van der Waals surface area contributed by atoms with Gasteiger partial charge in [-0.05, 0) is 43.3 Å². The molecular formula is C14H12OS3. The maximum Gasteiger partial charge on any atom is 0.0774 e. The molecule has 0 aliphatic carbocycles. The quantitative estimate of drug-likeness (QED) is 0.719. The summed E-state index contributed by atoms with van der Waals surface area (Å²) in [6, 6.07) is 12.8. The van der Waals surface area contributed by atoms with E-state index in [2.05, 4.69) is 37.3 Å². The molecule has 0 aliphatic heterocycles. The Bertz CT molecular complexity index is 660. The first-order valence-electron chi connectivity index (χ1n) is 5.63. The molecule has 0 amide bonds. The molecule has 1 nitrogen and oxygen atoms in total. The number of hydrogen-bond donors (Lipinski definition) is 1. The van der Waals surface area contributed by atoms with Crippen LogP contribution >= 0.6 is 34.0 Å². The minimum absolute atomic E-state index is 0.132. The third-order valence-corrected chi connectivity index (χ3v) is 6.20. The van der Waals surface area contributed by atoms with Gasteiger partial charge in [-0.15, -0.1) is 34.0 Å². The zero-order valence-electron chi connectivity index (χ0n) is 9.84. The molecule has 0 bridgehead atoms. The Balaban J connectivity index is 1.93. The molecule has 4 heteroatoms. The van der Waals surface area contributed by atoms with Gasteiger partial charge in [-0.1, -0.05) is 0 Å². The van der Waals surface area contributed by atoms with Crippen LogP contribution in [0, 0.1) is 6.92 Å². The maximum absolute atomic E-state index is 9.10. The van der Waals surface area contributed by atoms with Crippen LogP contribution in [-0.2, 0) is 6.61 Å². The van der Waals surface area contributed by atoms with Gasteiger partial charge in [-0.3, -0.25) is 0 Å². The van der Waals surface area contributed by atoms with Gasteiger partial charge in [0.05, 0.1) is 6.61 Å². The first-order chi connectivity index (χ1) is 8.76. The minimum atomic E-state index is 0.132. The van der Waals surface area contributed by atoms with Crippen LogP contribution in [0.2, 0.25) is 0 Å². The summed E-state index contributed by atoms with van der Waals surface area (Å²) in [5.41, 5.74) is 0. The molecule has 3 aromatic heterocycles. The monoisotopic (exact) mass is 292 g/mol. The molecule has 3 rings (SSSR count). The minimum Gasteiger partial charge on any atom is -0.391 e. The predicted octanol–water partition coefficient (Wildman–Crippen LogP) is 5.01. The van der Waals surface area contributed by atoms with Gasteiger partial charge in [0.25, 0.3) is 0 Å². The van der Waals surface area contributed by atoms with Crippen molar-refractivity contribution < 1.29 is 5.11 Å². The molecular weight excluding hydrogens is 280 g/mol. The van der Waals surface area contributed by atoms with Crippen molar-refractivity contribution in [1.29, 1.82) is 0 Å². The van der Waals surface area contributed by atoms with Crippen LogP contribution in [0.5, 0.6) is 0 Å². The highest BCUT2D eigenvalue weighted by Gasteiger charge is 2.08. The van der Waals surface area contributed by atoms with E-state index in [-0.39, 0.29) is 6.61 Å². The molecule has 0 unspecified atom stereocenters. The second kappa shape index (κ2) is 4.97. The van der Waals surface area contributed by atoms with E-state index in [1.165, 1.54) is 24.4 Å². The summed E-state index contributed by atoms with van der Waals surface area (Å²) in [4.78, 5) is 7.54. The number of thiophene rings is 3. The summed E-state index contributed by atoms with van der Waals surface area (Å²) in [7, 11) is 0. The van der Waals surface area contributed by atoms with Gasteiger partial charge in [0, 0.05) is 29.3 Å². The molecule has 0 saturated carbocycles. The number of aliphatic hydroxyl groups is 1. The van der Waals surface area contributed by atoms with E-state index in [1.807, 2.05) is 28.7 Å². The van der Waals surface area contributed by atoms with Crippen LogP contribution < -0.4 is 0 Å². The Labute approximate surface area is 118 Å². The van der Waals surface area contributed by atoms with Crippen LogP contribution in [0.1, 0.15) is 9.75 Å². The molecule has 0 fully saturated rings. The Morgan fingerprint density at radius 2 is 1.33 bits per heavy atom. The van der Waals surface area contributed by atoms with E-state index in [9.17, 15) is 0 Å². The first-order valence-corrected chi connectivity index (χ1v) is 8.08. The average Bonchev–Trinajstić information content (AvgIpc) is 3.07. The van der Waals surface area contributed by atoms with E-state index in [0.29, 0.717) is 0 Å². The Hall–Kier alpha value is -0.940. The van der Waals surface area contributed by atoms with Gasteiger partial charge >= 0.3 is 0 Å². The summed E-state index contributed by atoms with van der Waals surface area (Å²) in [5.74, 6) is 0. The average molecular weight is 292 g/mol. The summed E-state index contributed by atoms with van der Waals surface area (Å²) >= 11 is 5.31. The highest BCUT2D eigenvalue weighted by atomic mass is 32.1. The molecule has 0 atom stereocenters. The number of aryl methyl sites for hydroxylation is 1. The first kappa shape index (κ1) is 12.1. The van der Waals surface area contributed by atoms with Gasteiger partial charge < -0.3 is 5.11 Å². The van der Waals surface area contributed by atoms with Crippen LogP contribution in [0.3, 0.4) is 0 Å². The molecule has 92 valence electrons. The molecule has 3 aromatic rings. The number of rotatable bonds is 3. The third-order valence-electron chi connectivity index (χ3n) is 2.65. The van der Waals surface area contributed by atoms with Crippen LogP contribution in [0.15, 0.2) is 36.4 Å². The van der Waals surface area contributed by atoms with E-state index < -0.39 is 0 Å². The fourth-order valence-electron chi connectivity index (χ4n) is 1.77. The molecule has 0 aliphatic rings. The van der Waals surface area contributed by atoms with E-state index >= 15 is 0 Å². The van der Waals surface area contributed by atoms with Crippen molar-refractivity contribution in [3.63, 3.8) is 0 Å². The molecule has 0 saturated heterocycles. The van der Waals surface area contributed by atoms with E-state index in [0.717, 1.165) is 4.88 Å². The molecule has 1 N–H and O–H groups in total. The highest BCUT2D eigenvalue weighted by molar-refractivity contribution is 7.26. The van der Waals surface area contributed by atoms with Crippen molar-refractivity contribution in [3.05, 3.63) is 46.2 Å². The van der Waals surface area contributed by atoms with Crippen LogP contribution in [-0.4, -0.2) is 5.11 Å². The number of hydrogen-bond acceptors (Lipinski definition) is 4. The summed E-state index contributed by atoms with van der Waals surface area (Å²) < 4.78 is 0. The zero-order valence-corrected chi connectivity index (χ0v) is 12.3. The standard InChI is InChI=1S/C14H12OS3/c1-9-2-4-11(16-9)13-6-7-14(18-13)12-5-3-10(8-15)17-12/h2-7,15H,8H2,1H3.